The molecule has 0 fully saturated rings. The van der Waals surface area contributed by atoms with Crippen LogP contribution < -0.4 is 10.1 Å². The summed E-state index contributed by atoms with van der Waals surface area (Å²) in [5.74, 6) is 1.32. The number of rotatable bonds is 6. The number of hydrogen-bond donors (Lipinski definition) is 1. The smallest absolute Gasteiger partial charge is 0.238 e. The van der Waals surface area contributed by atoms with Crippen molar-refractivity contribution in [1.82, 2.24) is 24.7 Å². The Hall–Kier alpha value is -2.96. The van der Waals surface area contributed by atoms with Crippen molar-refractivity contribution in [3.8, 4) is 23.0 Å². The molecule has 0 aromatic carbocycles. The van der Waals surface area contributed by atoms with Crippen LogP contribution in [0.15, 0.2) is 30.7 Å². The van der Waals surface area contributed by atoms with Crippen LogP contribution in [0.25, 0.3) is 17.1 Å². The van der Waals surface area contributed by atoms with Crippen molar-refractivity contribution >= 4 is 5.82 Å². The van der Waals surface area contributed by atoms with E-state index in [0.29, 0.717) is 23.3 Å². The average molecular weight is 352 g/mol. The molecule has 7 heteroatoms. The molecule has 26 heavy (non-hydrogen) atoms. The van der Waals surface area contributed by atoms with E-state index in [-0.39, 0.29) is 0 Å². The summed E-state index contributed by atoms with van der Waals surface area (Å²) in [6.07, 6.45) is 4.70. The van der Waals surface area contributed by atoms with Crippen LogP contribution in [0.1, 0.15) is 31.5 Å². The highest BCUT2D eigenvalue weighted by Gasteiger charge is 2.13. The van der Waals surface area contributed by atoms with Gasteiger partial charge in [-0.2, -0.15) is 0 Å². The first-order chi connectivity index (χ1) is 12.5. The van der Waals surface area contributed by atoms with E-state index in [1.54, 1.807) is 13.4 Å². The molecule has 136 valence electrons. The first-order valence-corrected chi connectivity index (χ1v) is 8.69. The summed E-state index contributed by atoms with van der Waals surface area (Å²) in [5, 5.41) is 12.0. The van der Waals surface area contributed by atoms with Gasteiger partial charge >= 0.3 is 0 Å². The van der Waals surface area contributed by atoms with Crippen molar-refractivity contribution in [3.63, 3.8) is 0 Å². The standard InChI is InChI=1S/C19H24N6O/c1-6-13(3)21-18-12(2)9-16(23-24-18)15-7-8-17(19(22-15)26-5)25-10-14(4)20-11-25/h7-11,13H,6H2,1-5H3,(H,21,24). The van der Waals surface area contributed by atoms with E-state index >= 15 is 0 Å². The molecule has 1 unspecified atom stereocenters. The Morgan fingerprint density at radius 2 is 2.00 bits per heavy atom. The van der Waals surface area contributed by atoms with Crippen molar-refractivity contribution in [2.75, 3.05) is 12.4 Å². The molecule has 0 amide bonds. The van der Waals surface area contributed by atoms with Gasteiger partial charge in [-0.3, -0.25) is 0 Å². The monoisotopic (exact) mass is 352 g/mol. The number of pyridine rings is 1. The quantitative estimate of drug-likeness (QED) is 0.731. The van der Waals surface area contributed by atoms with Gasteiger partial charge in [0, 0.05) is 12.2 Å². The summed E-state index contributed by atoms with van der Waals surface area (Å²) in [4.78, 5) is 8.85. The number of ether oxygens (including phenoxy) is 1. The number of nitrogens with one attached hydrogen (secondary N) is 1. The lowest BCUT2D eigenvalue weighted by Crippen LogP contribution is -2.16. The molecule has 7 nitrogen and oxygen atoms in total. The SMILES string of the molecule is CCC(C)Nc1nnc(-c2ccc(-n3cnc(C)c3)c(OC)n2)cc1C. The van der Waals surface area contributed by atoms with Crippen molar-refractivity contribution in [2.24, 2.45) is 0 Å². The fraction of sp³-hybridized carbons (Fsp3) is 0.368. The van der Waals surface area contributed by atoms with E-state index in [1.807, 2.05) is 42.8 Å². The third-order valence-electron chi connectivity index (χ3n) is 4.27. The van der Waals surface area contributed by atoms with Gasteiger partial charge < -0.3 is 14.6 Å². The van der Waals surface area contributed by atoms with E-state index in [2.05, 4.69) is 39.3 Å². The Balaban J connectivity index is 1.93. The maximum Gasteiger partial charge on any atom is 0.238 e. The second-order valence-corrected chi connectivity index (χ2v) is 6.36. The van der Waals surface area contributed by atoms with Crippen LogP contribution in [0.3, 0.4) is 0 Å². The second-order valence-electron chi connectivity index (χ2n) is 6.36. The summed E-state index contributed by atoms with van der Waals surface area (Å²) in [7, 11) is 1.61. The highest BCUT2D eigenvalue weighted by Crippen LogP contribution is 2.26. The molecule has 3 rings (SSSR count). The molecule has 0 saturated heterocycles. The molecule has 0 aliphatic rings. The van der Waals surface area contributed by atoms with Crippen LogP contribution in [0.5, 0.6) is 5.88 Å². The minimum atomic E-state index is 0.352. The molecule has 0 radical (unpaired) electrons. The van der Waals surface area contributed by atoms with Gasteiger partial charge in [-0.05, 0) is 51.0 Å². The van der Waals surface area contributed by atoms with E-state index < -0.39 is 0 Å². The van der Waals surface area contributed by atoms with Crippen LogP contribution in [0, 0.1) is 13.8 Å². The van der Waals surface area contributed by atoms with Crippen LogP contribution in [-0.2, 0) is 0 Å². The molecule has 1 atom stereocenters. The van der Waals surface area contributed by atoms with E-state index in [9.17, 15) is 0 Å². The third-order valence-corrected chi connectivity index (χ3v) is 4.27. The van der Waals surface area contributed by atoms with Gasteiger partial charge in [0.05, 0.1) is 24.8 Å². The Kier molecular flexibility index (Phi) is 5.16. The number of anilines is 1. The first-order valence-electron chi connectivity index (χ1n) is 8.69. The zero-order chi connectivity index (χ0) is 18.7. The van der Waals surface area contributed by atoms with Gasteiger partial charge in [0.2, 0.25) is 5.88 Å². The van der Waals surface area contributed by atoms with Crippen LogP contribution in [0.2, 0.25) is 0 Å². The molecule has 0 bridgehead atoms. The van der Waals surface area contributed by atoms with Gasteiger partial charge in [0.25, 0.3) is 0 Å². The normalized spacial score (nSPS) is 12.0. The zero-order valence-corrected chi connectivity index (χ0v) is 15.8. The Bertz CT molecular complexity index is 905. The molecule has 3 heterocycles. The van der Waals surface area contributed by atoms with Gasteiger partial charge in [-0.1, -0.05) is 6.92 Å². The molecule has 0 aliphatic heterocycles. The summed E-state index contributed by atoms with van der Waals surface area (Å²) in [6.45, 7) is 8.22. The molecular formula is C19H24N6O. The van der Waals surface area contributed by atoms with E-state index in [4.69, 9.17) is 4.74 Å². The second kappa shape index (κ2) is 7.51. The van der Waals surface area contributed by atoms with Crippen LogP contribution in [-0.4, -0.2) is 37.9 Å². The molecule has 3 aromatic rings. The van der Waals surface area contributed by atoms with E-state index in [1.165, 1.54) is 0 Å². The summed E-state index contributed by atoms with van der Waals surface area (Å²) in [5.41, 5.74) is 4.22. The van der Waals surface area contributed by atoms with Crippen LogP contribution >= 0.6 is 0 Å². The summed E-state index contributed by atoms with van der Waals surface area (Å²) < 4.78 is 7.36. The van der Waals surface area contributed by atoms with E-state index in [0.717, 1.165) is 29.2 Å². The van der Waals surface area contributed by atoms with Gasteiger partial charge in [-0.15, -0.1) is 10.2 Å². The summed E-state index contributed by atoms with van der Waals surface area (Å²) in [6, 6.07) is 6.20. The topological polar surface area (TPSA) is 77.8 Å². The number of aryl methyl sites for hydroxylation is 2. The fourth-order valence-corrected chi connectivity index (χ4v) is 2.56. The summed E-state index contributed by atoms with van der Waals surface area (Å²) >= 11 is 0. The third kappa shape index (κ3) is 3.66. The lowest BCUT2D eigenvalue weighted by Gasteiger charge is -2.14. The Labute approximate surface area is 153 Å². The molecule has 3 aromatic heterocycles. The Morgan fingerprint density at radius 3 is 2.62 bits per heavy atom. The number of hydrogen-bond acceptors (Lipinski definition) is 6. The van der Waals surface area contributed by atoms with Gasteiger partial charge in [0.15, 0.2) is 5.82 Å². The number of methoxy groups -OCH3 is 1. The molecule has 0 spiro atoms. The van der Waals surface area contributed by atoms with Crippen molar-refractivity contribution in [1.29, 1.82) is 0 Å². The Morgan fingerprint density at radius 1 is 1.19 bits per heavy atom. The highest BCUT2D eigenvalue weighted by atomic mass is 16.5. The minimum absolute atomic E-state index is 0.352. The van der Waals surface area contributed by atoms with Crippen LogP contribution in [0.4, 0.5) is 5.82 Å². The van der Waals surface area contributed by atoms with Gasteiger partial charge in [0.1, 0.15) is 11.4 Å². The fourth-order valence-electron chi connectivity index (χ4n) is 2.56. The average Bonchev–Trinajstić information content (AvgIpc) is 3.08. The number of nitrogens with zero attached hydrogens (tertiary/aromatic N) is 5. The molecule has 0 aliphatic carbocycles. The maximum atomic E-state index is 5.47. The predicted molar refractivity (Wildman–Crippen MR) is 102 cm³/mol. The zero-order valence-electron chi connectivity index (χ0n) is 15.8. The van der Waals surface area contributed by atoms with Crippen molar-refractivity contribution in [2.45, 2.75) is 40.2 Å². The lowest BCUT2D eigenvalue weighted by molar-refractivity contribution is 0.396. The molecule has 1 N–H and O–H groups in total. The number of imidazole rings is 1. The minimum Gasteiger partial charge on any atom is -0.479 e. The predicted octanol–water partition coefficient (Wildman–Crippen LogP) is 3.56. The van der Waals surface area contributed by atoms with Crippen molar-refractivity contribution in [3.05, 3.63) is 42.0 Å². The first kappa shape index (κ1) is 17.8. The van der Waals surface area contributed by atoms with Gasteiger partial charge in [-0.25, -0.2) is 9.97 Å². The van der Waals surface area contributed by atoms with Crippen molar-refractivity contribution < 1.29 is 4.74 Å². The number of aromatic nitrogens is 5. The maximum absolute atomic E-state index is 5.47. The molecule has 0 saturated carbocycles. The highest BCUT2D eigenvalue weighted by molar-refractivity contribution is 5.61. The largest absolute Gasteiger partial charge is 0.479 e. The molecular weight excluding hydrogens is 328 g/mol. The lowest BCUT2D eigenvalue weighted by atomic mass is 10.2.